The van der Waals surface area contributed by atoms with E-state index in [1.165, 1.54) is 0 Å². The van der Waals surface area contributed by atoms with Gasteiger partial charge in [0.1, 0.15) is 0 Å². The minimum atomic E-state index is 0.538. The standard InChI is InChI=1S/C5H7N/c1-2-3-4-5-6/h2-3H,4H2,1H3/b3-2-. The summed E-state index contributed by atoms with van der Waals surface area (Å²) in [4.78, 5) is 0. The molecule has 6 heavy (non-hydrogen) atoms. The average molecular weight is 81.1 g/mol. The predicted molar refractivity (Wildman–Crippen MR) is 25.0 cm³/mol. The molecule has 1 nitrogen and oxygen atoms in total. The maximum atomic E-state index is 7.90. The van der Waals surface area contributed by atoms with Gasteiger partial charge < -0.3 is 0 Å². The van der Waals surface area contributed by atoms with Crippen LogP contribution < -0.4 is 0 Å². The predicted octanol–water partition coefficient (Wildman–Crippen LogP) is 1.48. The zero-order valence-electron chi connectivity index (χ0n) is 3.81. The number of hydrogen-bond donors (Lipinski definition) is 0. The Morgan fingerprint density at radius 1 is 1.83 bits per heavy atom. The molecule has 0 saturated carbocycles. The lowest BCUT2D eigenvalue weighted by molar-refractivity contribution is 1.34. The summed E-state index contributed by atoms with van der Waals surface area (Å²) >= 11 is 0. The number of hydrogen-bond acceptors (Lipinski definition) is 1. The van der Waals surface area contributed by atoms with Crippen LogP contribution in [0.1, 0.15) is 13.3 Å². The lowest BCUT2D eigenvalue weighted by atomic mass is 10.4. The van der Waals surface area contributed by atoms with Crippen LogP contribution in [-0.2, 0) is 0 Å². The highest BCUT2D eigenvalue weighted by Gasteiger charge is 1.61. The van der Waals surface area contributed by atoms with E-state index in [9.17, 15) is 0 Å². The highest BCUT2D eigenvalue weighted by atomic mass is 14.2. The maximum absolute atomic E-state index is 7.90. The Morgan fingerprint density at radius 3 is 2.67 bits per heavy atom. The normalized spacial score (nSPS) is 8.67. The van der Waals surface area contributed by atoms with Crippen molar-refractivity contribution in [3.63, 3.8) is 0 Å². The third-order valence-corrected chi connectivity index (χ3v) is 0.445. The van der Waals surface area contributed by atoms with Crippen molar-refractivity contribution in [2.75, 3.05) is 0 Å². The Hall–Kier alpha value is -0.770. The molecule has 0 saturated heterocycles. The van der Waals surface area contributed by atoms with Crippen molar-refractivity contribution >= 4 is 0 Å². The molecule has 0 fully saturated rings. The number of rotatable bonds is 1. The van der Waals surface area contributed by atoms with E-state index in [0.29, 0.717) is 6.42 Å². The minimum Gasteiger partial charge on any atom is -0.198 e. The highest BCUT2D eigenvalue weighted by molar-refractivity contribution is 4.87. The van der Waals surface area contributed by atoms with E-state index in [2.05, 4.69) is 0 Å². The fraction of sp³-hybridized carbons (Fsp3) is 0.400. The van der Waals surface area contributed by atoms with Crippen LogP contribution >= 0.6 is 0 Å². The van der Waals surface area contributed by atoms with Gasteiger partial charge in [-0.2, -0.15) is 5.26 Å². The van der Waals surface area contributed by atoms with Gasteiger partial charge >= 0.3 is 0 Å². The highest BCUT2D eigenvalue weighted by Crippen LogP contribution is 1.74. The lowest BCUT2D eigenvalue weighted by Gasteiger charge is -1.63. The van der Waals surface area contributed by atoms with Crippen LogP contribution in [0.15, 0.2) is 12.2 Å². The van der Waals surface area contributed by atoms with Crippen LogP contribution in [0.4, 0.5) is 0 Å². The van der Waals surface area contributed by atoms with Gasteiger partial charge in [-0.1, -0.05) is 12.2 Å². The molecule has 0 amide bonds. The van der Waals surface area contributed by atoms with Crippen LogP contribution in [0, 0.1) is 11.3 Å². The zero-order valence-corrected chi connectivity index (χ0v) is 3.81. The third kappa shape index (κ3) is 3.23. The number of nitriles is 1. The summed E-state index contributed by atoms with van der Waals surface area (Å²) in [5, 5.41) is 7.90. The van der Waals surface area contributed by atoms with Crippen molar-refractivity contribution in [1.82, 2.24) is 0 Å². The van der Waals surface area contributed by atoms with Gasteiger partial charge in [0, 0.05) is 0 Å². The maximum Gasteiger partial charge on any atom is 0.0663 e. The first-order chi connectivity index (χ1) is 2.91. The molecule has 0 aliphatic heterocycles. The van der Waals surface area contributed by atoms with Gasteiger partial charge in [-0.25, -0.2) is 0 Å². The van der Waals surface area contributed by atoms with E-state index in [1.54, 1.807) is 0 Å². The molecule has 0 spiro atoms. The summed E-state index contributed by atoms with van der Waals surface area (Å²) in [5.41, 5.74) is 0. The SMILES string of the molecule is C/C=C\CC#N. The van der Waals surface area contributed by atoms with Crippen LogP contribution in [0.5, 0.6) is 0 Å². The minimum absolute atomic E-state index is 0.538. The van der Waals surface area contributed by atoms with E-state index in [-0.39, 0.29) is 0 Å². The molecule has 0 aromatic heterocycles. The van der Waals surface area contributed by atoms with Crippen LogP contribution in [0.2, 0.25) is 0 Å². The molecule has 0 aliphatic rings. The van der Waals surface area contributed by atoms with Crippen molar-refractivity contribution in [1.29, 1.82) is 5.26 Å². The van der Waals surface area contributed by atoms with Gasteiger partial charge in [-0.3, -0.25) is 0 Å². The Kier molecular flexibility index (Phi) is 3.69. The molecule has 0 atom stereocenters. The van der Waals surface area contributed by atoms with Gasteiger partial charge in [0.25, 0.3) is 0 Å². The van der Waals surface area contributed by atoms with Crippen molar-refractivity contribution < 1.29 is 0 Å². The molecule has 0 aromatic carbocycles. The molecule has 32 valence electrons. The Labute approximate surface area is 37.9 Å². The van der Waals surface area contributed by atoms with Gasteiger partial charge in [0.15, 0.2) is 0 Å². The summed E-state index contributed by atoms with van der Waals surface area (Å²) in [7, 11) is 0. The average Bonchev–Trinajstić information content (AvgIpc) is 1.61. The molecule has 0 radical (unpaired) electrons. The second-order valence-electron chi connectivity index (χ2n) is 0.931. The second kappa shape index (κ2) is 4.23. The van der Waals surface area contributed by atoms with E-state index in [4.69, 9.17) is 5.26 Å². The van der Waals surface area contributed by atoms with Crippen molar-refractivity contribution in [3.8, 4) is 6.07 Å². The number of nitrogens with zero attached hydrogens (tertiary/aromatic N) is 1. The zero-order chi connectivity index (χ0) is 4.83. The van der Waals surface area contributed by atoms with Crippen LogP contribution in [0.3, 0.4) is 0 Å². The first kappa shape index (κ1) is 5.23. The second-order valence-corrected chi connectivity index (χ2v) is 0.931. The Balaban J connectivity index is 2.92. The number of allylic oxidation sites excluding steroid dienone is 2. The van der Waals surface area contributed by atoms with Gasteiger partial charge in [-0.15, -0.1) is 0 Å². The molecular formula is C5H7N. The Bertz CT molecular complexity index is 76.4. The molecule has 0 aliphatic carbocycles. The first-order valence-corrected chi connectivity index (χ1v) is 1.90. The molecule has 0 aromatic rings. The van der Waals surface area contributed by atoms with Gasteiger partial charge in [-0.05, 0) is 6.92 Å². The van der Waals surface area contributed by atoms with E-state index < -0.39 is 0 Å². The fourth-order valence-electron chi connectivity index (χ4n) is 0.171. The largest absolute Gasteiger partial charge is 0.198 e. The molecule has 0 bridgehead atoms. The molecule has 1 heteroatoms. The fourth-order valence-corrected chi connectivity index (χ4v) is 0.171. The monoisotopic (exact) mass is 81.1 g/mol. The molecule has 0 heterocycles. The van der Waals surface area contributed by atoms with E-state index >= 15 is 0 Å². The quantitative estimate of drug-likeness (QED) is 0.438. The van der Waals surface area contributed by atoms with Crippen LogP contribution in [0.25, 0.3) is 0 Å². The molecule has 0 unspecified atom stereocenters. The summed E-state index contributed by atoms with van der Waals surface area (Å²) in [5.74, 6) is 0. The summed E-state index contributed by atoms with van der Waals surface area (Å²) in [6.07, 6.45) is 4.22. The van der Waals surface area contributed by atoms with E-state index in [0.717, 1.165) is 0 Å². The Morgan fingerprint density at radius 2 is 2.50 bits per heavy atom. The topological polar surface area (TPSA) is 23.8 Å². The first-order valence-electron chi connectivity index (χ1n) is 1.90. The van der Waals surface area contributed by atoms with Gasteiger partial charge in [0.2, 0.25) is 0 Å². The van der Waals surface area contributed by atoms with Crippen molar-refractivity contribution in [2.24, 2.45) is 0 Å². The lowest BCUT2D eigenvalue weighted by Crippen LogP contribution is -1.49. The van der Waals surface area contributed by atoms with Gasteiger partial charge in [0.05, 0.1) is 12.5 Å². The molecule has 0 N–H and O–H groups in total. The molecule has 0 rings (SSSR count). The van der Waals surface area contributed by atoms with E-state index in [1.807, 2.05) is 25.1 Å². The molecular weight excluding hydrogens is 74.1 g/mol. The van der Waals surface area contributed by atoms with Crippen molar-refractivity contribution in [2.45, 2.75) is 13.3 Å². The van der Waals surface area contributed by atoms with Crippen LogP contribution in [-0.4, -0.2) is 0 Å². The third-order valence-electron chi connectivity index (χ3n) is 0.445. The summed E-state index contributed by atoms with van der Waals surface area (Å²) in [6.45, 7) is 1.90. The van der Waals surface area contributed by atoms with Crippen molar-refractivity contribution in [3.05, 3.63) is 12.2 Å². The summed E-state index contributed by atoms with van der Waals surface area (Å²) in [6, 6.07) is 1.98. The smallest absolute Gasteiger partial charge is 0.0663 e. The summed E-state index contributed by atoms with van der Waals surface area (Å²) < 4.78 is 0.